The summed E-state index contributed by atoms with van der Waals surface area (Å²) >= 11 is 0. The molecule has 0 radical (unpaired) electrons. The normalized spacial score (nSPS) is 12.6. The van der Waals surface area contributed by atoms with Gasteiger partial charge in [-0.3, -0.25) is 14.9 Å². The van der Waals surface area contributed by atoms with Crippen molar-refractivity contribution in [2.45, 2.75) is 0 Å². The summed E-state index contributed by atoms with van der Waals surface area (Å²) in [6, 6.07) is 15.3. The van der Waals surface area contributed by atoms with Crippen LogP contribution in [0.15, 0.2) is 54.6 Å². The predicted molar refractivity (Wildman–Crippen MR) is 112 cm³/mol. The van der Waals surface area contributed by atoms with Crippen molar-refractivity contribution in [3.05, 3.63) is 60.2 Å². The molecule has 2 aromatic carbocycles. The third-order valence-electron chi connectivity index (χ3n) is 4.38. The molecule has 2 amide bonds. The van der Waals surface area contributed by atoms with Crippen LogP contribution in [0.4, 0.5) is 5.69 Å². The number of ether oxygens (including phenoxy) is 2. The Morgan fingerprint density at radius 2 is 1.79 bits per heavy atom. The van der Waals surface area contributed by atoms with Crippen LogP contribution >= 0.6 is 0 Å². The molecule has 2 N–H and O–H groups in total. The minimum Gasteiger partial charge on any atom is -0.486 e. The number of hydrogen-bond acceptors (Lipinski definition) is 5. The lowest BCUT2D eigenvalue weighted by atomic mass is 10.2. The second-order valence-electron chi connectivity index (χ2n) is 6.42. The molecule has 152 valence electrons. The summed E-state index contributed by atoms with van der Waals surface area (Å²) in [7, 11) is 1.56. The van der Waals surface area contributed by atoms with Gasteiger partial charge in [0, 0.05) is 25.3 Å². The van der Waals surface area contributed by atoms with Crippen molar-refractivity contribution < 1.29 is 19.1 Å². The maximum Gasteiger partial charge on any atom is 0.241 e. The number of nitrogens with one attached hydrogen (secondary N) is 2. The SMILES string of the molecule is CNC(=O)CNCC(=O)N(C/C=C/c1ccccc1)c1ccc2c(c1)OCCO2. The highest BCUT2D eigenvalue weighted by Gasteiger charge is 2.18. The average molecular weight is 395 g/mol. The van der Waals surface area contributed by atoms with Gasteiger partial charge in [0.05, 0.1) is 13.1 Å². The molecule has 1 aliphatic heterocycles. The minimum absolute atomic E-state index is 0.0427. The van der Waals surface area contributed by atoms with Gasteiger partial charge in [-0.05, 0) is 17.7 Å². The molecule has 0 fully saturated rings. The molecule has 7 nitrogen and oxygen atoms in total. The summed E-state index contributed by atoms with van der Waals surface area (Å²) in [4.78, 5) is 25.9. The van der Waals surface area contributed by atoms with Crippen molar-refractivity contribution in [3.8, 4) is 11.5 Å². The number of benzene rings is 2. The smallest absolute Gasteiger partial charge is 0.241 e. The van der Waals surface area contributed by atoms with E-state index in [2.05, 4.69) is 10.6 Å². The first-order valence-corrected chi connectivity index (χ1v) is 9.50. The number of rotatable bonds is 8. The van der Waals surface area contributed by atoms with E-state index in [4.69, 9.17) is 9.47 Å². The lowest BCUT2D eigenvalue weighted by Crippen LogP contribution is -2.41. The quantitative estimate of drug-likeness (QED) is 0.713. The van der Waals surface area contributed by atoms with Gasteiger partial charge in [-0.15, -0.1) is 0 Å². The average Bonchev–Trinajstić information content (AvgIpc) is 2.77. The zero-order chi connectivity index (χ0) is 20.5. The third-order valence-corrected chi connectivity index (χ3v) is 4.38. The van der Waals surface area contributed by atoms with E-state index in [0.717, 1.165) is 5.56 Å². The van der Waals surface area contributed by atoms with Gasteiger partial charge in [0.25, 0.3) is 0 Å². The predicted octanol–water partition coefficient (Wildman–Crippen LogP) is 1.84. The van der Waals surface area contributed by atoms with Crippen molar-refractivity contribution in [1.29, 1.82) is 0 Å². The van der Waals surface area contributed by atoms with Crippen molar-refractivity contribution in [2.24, 2.45) is 0 Å². The zero-order valence-corrected chi connectivity index (χ0v) is 16.4. The molecule has 0 aromatic heterocycles. The molecule has 1 aliphatic rings. The van der Waals surface area contributed by atoms with Gasteiger partial charge in [-0.2, -0.15) is 0 Å². The molecule has 0 aliphatic carbocycles. The lowest BCUT2D eigenvalue weighted by molar-refractivity contribution is -0.120. The number of nitrogens with zero attached hydrogens (tertiary/aromatic N) is 1. The Labute approximate surface area is 170 Å². The largest absolute Gasteiger partial charge is 0.486 e. The molecule has 0 bridgehead atoms. The number of likely N-dealkylation sites (N-methyl/N-ethyl adjacent to an activating group) is 1. The Morgan fingerprint density at radius 3 is 2.55 bits per heavy atom. The molecule has 0 saturated heterocycles. The van der Waals surface area contributed by atoms with Gasteiger partial charge in [0.15, 0.2) is 11.5 Å². The fourth-order valence-electron chi connectivity index (χ4n) is 2.88. The van der Waals surface area contributed by atoms with Crippen LogP contribution in [0.1, 0.15) is 5.56 Å². The van der Waals surface area contributed by atoms with Crippen LogP contribution in [0.25, 0.3) is 6.08 Å². The molecule has 7 heteroatoms. The first kappa shape index (κ1) is 20.4. The van der Waals surface area contributed by atoms with E-state index < -0.39 is 0 Å². The van der Waals surface area contributed by atoms with Gasteiger partial charge in [-0.25, -0.2) is 0 Å². The Kier molecular flexibility index (Phi) is 7.24. The van der Waals surface area contributed by atoms with Crippen LogP contribution in [0.5, 0.6) is 11.5 Å². The molecular weight excluding hydrogens is 370 g/mol. The highest BCUT2D eigenvalue weighted by atomic mass is 16.6. The van der Waals surface area contributed by atoms with Gasteiger partial charge in [0.1, 0.15) is 13.2 Å². The number of carbonyl (C=O) groups excluding carboxylic acids is 2. The fraction of sp³-hybridized carbons (Fsp3) is 0.273. The van der Waals surface area contributed by atoms with Gasteiger partial charge >= 0.3 is 0 Å². The van der Waals surface area contributed by atoms with Crippen LogP contribution in [0, 0.1) is 0 Å². The molecular formula is C22H25N3O4. The summed E-state index contributed by atoms with van der Waals surface area (Å²) in [5.74, 6) is 0.970. The van der Waals surface area contributed by atoms with Crippen LogP contribution in [-0.2, 0) is 9.59 Å². The Hall–Kier alpha value is -3.32. The van der Waals surface area contributed by atoms with Crippen LogP contribution < -0.4 is 25.0 Å². The standard InChI is InChI=1S/C22H25N3O4/c1-23-21(26)15-24-16-22(27)25(11-5-8-17-6-3-2-4-7-17)18-9-10-19-20(14-18)29-13-12-28-19/h2-10,14,24H,11-13,15-16H2,1H3,(H,23,26)/b8-5+. The number of fused-ring (bicyclic) bond motifs is 1. The molecule has 2 aromatic rings. The second kappa shape index (κ2) is 10.3. The Morgan fingerprint density at radius 1 is 1.03 bits per heavy atom. The summed E-state index contributed by atoms with van der Waals surface area (Å²) in [5, 5.41) is 5.39. The number of carbonyl (C=O) groups is 2. The summed E-state index contributed by atoms with van der Waals surface area (Å²) < 4.78 is 11.2. The molecule has 0 atom stereocenters. The topological polar surface area (TPSA) is 79.9 Å². The van der Waals surface area contributed by atoms with Crippen molar-refractivity contribution in [2.75, 3.05) is 44.8 Å². The molecule has 29 heavy (non-hydrogen) atoms. The molecule has 0 saturated carbocycles. The van der Waals surface area contributed by atoms with E-state index in [0.29, 0.717) is 36.9 Å². The van der Waals surface area contributed by atoms with E-state index in [1.807, 2.05) is 60.7 Å². The Balaban J connectivity index is 1.74. The van der Waals surface area contributed by atoms with E-state index in [-0.39, 0.29) is 24.9 Å². The molecule has 0 unspecified atom stereocenters. The molecule has 3 rings (SSSR count). The van der Waals surface area contributed by atoms with E-state index in [9.17, 15) is 9.59 Å². The molecule has 0 spiro atoms. The van der Waals surface area contributed by atoms with E-state index in [1.165, 1.54) is 0 Å². The van der Waals surface area contributed by atoms with E-state index >= 15 is 0 Å². The van der Waals surface area contributed by atoms with Gasteiger partial charge in [-0.1, -0.05) is 42.5 Å². The maximum atomic E-state index is 12.8. The zero-order valence-electron chi connectivity index (χ0n) is 16.4. The number of hydrogen-bond donors (Lipinski definition) is 2. The van der Waals surface area contributed by atoms with Crippen LogP contribution in [0.2, 0.25) is 0 Å². The van der Waals surface area contributed by atoms with Crippen LogP contribution in [0.3, 0.4) is 0 Å². The maximum absolute atomic E-state index is 12.8. The third kappa shape index (κ3) is 5.83. The van der Waals surface area contributed by atoms with Crippen LogP contribution in [-0.4, -0.2) is 51.7 Å². The first-order valence-electron chi connectivity index (χ1n) is 9.50. The van der Waals surface area contributed by atoms with Gasteiger partial charge in [0.2, 0.25) is 11.8 Å². The second-order valence-corrected chi connectivity index (χ2v) is 6.42. The first-order chi connectivity index (χ1) is 14.2. The fourth-order valence-corrected chi connectivity index (χ4v) is 2.88. The minimum atomic E-state index is -0.173. The van der Waals surface area contributed by atoms with Crippen molar-refractivity contribution in [3.63, 3.8) is 0 Å². The lowest BCUT2D eigenvalue weighted by Gasteiger charge is -2.24. The van der Waals surface area contributed by atoms with Gasteiger partial charge < -0.3 is 19.7 Å². The van der Waals surface area contributed by atoms with Crippen molar-refractivity contribution in [1.82, 2.24) is 10.6 Å². The summed E-state index contributed by atoms with van der Waals surface area (Å²) in [6.07, 6.45) is 3.90. The summed E-state index contributed by atoms with van der Waals surface area (Å²) in [6.45, 7) is 1.50. The van der Waals surface area contributed by atoms with Crippen molar-refractivity contribution >= 4 is 23.6 Å². The highest BCUT2D eigenvalue weighted by molar-refractivity contribution is 5.95. The number of anilines is 1. The van der Waals surface area contributed by atoms with E-state index in [1.54, 1.807) is 11.9 Å². The molecule has 1 heterocycles. The Bertz CT molecular complexity index is 868. The summed E-state index contributed by atoms with van der Waals surface area (Å²) in [5.41, 5.74) is 1.76. The monoisotopic (exact) mass is 395 g/mol. The highest BCUT2D eigenvalue weighted by Crippen LogP contribution is 2.34. The number of amides is 2.